The molecule has 0 amide bonds. The van der Waals surface area contributed by atoms with Crippen molar-refractivity contribution in [1.82, 2.24) is 18.3 Å². The van der Waals surface area contributed by atoms with Crippen LogP contribution in [-0.2, 0) is 23.1 Å². The van der Waals surface area contributed by atoms with Gasteiger partial charge in [-0.15, -0.1) is 4.09 Å². The highest BCUT2D eigenvalue weighted by atomic mass is 32.2. The van der Waals surface area contributed by atoms with Crippen LogP contribution in [0.3, 0.4) is 0 Å². The topological polar surface area (TPSA) is 96.0 Å². The van der Waals surface area contributed by atoms with E-state index >= 15 is 0 Å². The van der Waals surface area contributed by atoms with Gasteiger partial charge in [-0.1, -0.05) is 33.6 Å². The van der Waals surface area contributed by atoms with Crippen molar-refractivity contribution in [2.45, 2.75) is 66.0 Å². The van der Waals surface area contributed by atoms with Gasteiger partial charge in [0, 0.05) is 13.1 Å². The van der Waals surface area contributed by atoms with Crippen molar-refractivity contribution in [3.8, 4) is 0 Å². The highest BCUT2D eigenvalue weighted by Gasteiger charge is 2.23. The van der Waals surface area contributed by atoms with Crippen LogP contribution in [0, 0.1) is 0 Å². The zero-order chi connectivity index (χ0) is 18.6. The molecule has 25 heavy (non-hydrogen) atoms. The summed E-state index contributed by atoms with van der Waals surface area (Å²) in [6, 6.07) is 0. The zero-order valence-electron chi connectivity index (χ0n) is 15.1. The molecule has 0 bridgehead atoms. The highest BCUT2D eigenvalue weighted by Crippen LogP contribution is 2.12. The van der Waals surface area contributed by atoms with E-state index in [0.29, 0.717) is 19.4 Å². The Hall–Kier alpha value is -1.90. The summed E-state index contributed by atoms with van der Waals surface area (Å²) in [6.07, 6.45) is 4.86. The van der Waals surface area contributed by atoms with E-state index in [2.05, 4.69) is 5.10 Å². The molecule has 0 aliphatic rings. The second-order valence-electron chi connectivity index (χ2n) is 6.14. The lowest BCUT2D eigenvalue weighted by atomic mass is 10.3. The predicted molar refractivity (Wildman–Crippen MR) is 97.5 cm³/mol. The highest BCUT2D eigenvalue weighted by molar-refractivity contribution is 7.89. The van der Waals surface area contributed by atoms with Crippen LogP contribution >= 0.6 is 0 Å². The second-order valence-corrected chi connectivity index (χ2v) is 8.05. The van der Waals surface area contributed by atoms with E-state index in [9.17, 15) is 18.0 Å². The second kappa shape index (κ2) is 7.99. The van der Waals surface area contributed by atoms with Crippen LogP contribution in [0.15, 0.2) is 15.8 Å². The molecule has 9 heteroatoms. The van der Waals surface area contributed by atoms with E-state index in [1.165, 1.54) is 10.8 Å². The van der Waals surface area contributed by atoms with Crippen molar-refractivity contribution >= 4 is 21.1 Å². The molecule has 0 aromatic carbocycles. The number of nitrogens with zero attached hydrogens (tertiary/aromatic N) is 4. The molecule has 2 aromatic heterocycles. The number of rotatable bonds is 9. The van der Waals surface area contributed by atoms with Crippen molar-refractivity contribution in [1.29, 1.82) is 0 Å². The molecule has 0 saturated heterocycles. The van der Waals surface area contributed by atoms with Gasteiger partial charge in [0.05, 0.1) is 17.5 Å². The van der Waals surface area contributed by atoms with Gasteiger partial charge in [0.25, 0.3) is 15.6 Å². The number of fused-ring (bicyclic) bond motifs is 1. The molecule has 0 aliphatic carbocycles. The van der Waals surface area contributed by atoms with E-state index in [-0.39, 0.29) is 23.3 Å². The average Bonchev–Trinajstić information content (AvgIpc) is 3.01. The molecule has 0 aliphatic heterocycles. The Morgan fingerprint density at radius 2 is 1.56 bits per heavy atom. The lowest BCUT2D eigenvalue weighted by molar-refractivity contribution is 0.531. The standard InChI is InChI=1S/C16H26N4O4S/c1-4-7-9-18-13-12-17-20(25(23,24)11-6-3)14(13)15(21)19(16(18)22)10-8-5-2/h12H,4-11H2,1-3H3. The monoisotopic (exact) mass is 370 g/mol. The van der Waals surface area contributed by atoms with Crippen LogP contribution in [-0.4, -0.2) is 32.5 Å². The summed E-state index contributed by atoms with van der Waals surface area (Å²) in [7, 11) is -3.73. The first-order valence-electron chi connectivity index (χ1n) is 8.83. The van der Waals surface area contributed by atoms with Crippen LogP contribution in [0.25, 0.3) is 11.0 Å². The van der Waals surface area contributed by atoms with Crippen LogP contribution in [0.2, 0.25) is 0 Å². The molecule has 0 radical (unpaired) electrons. The molecule has 0 unspecified atom stereocenters. The lowest BCUT2D eigenvalue weighted by Gasteiger charge is -2.12. The fraction of sp³-hybridized carbons (Fsp3) is 0.688. The Kier molecular flexibility index (Phi) is 6.21. The van der Waals surface area contributed by atoms with Gasteiger partial charge in [-0.3, -0.25) is 13.9 Å². The van der Waals surface area contributed by atoms with E-state index in [4.69, 9.17) is 0 Å². The summed E-state index contributed by atoms with van der Waals surface area (Å²) in [4.78, 5) is 25.6. The number of hydrogen-bond acceptors (Lipinski definition) is 5. The fourth-order valence-corrected chi connectivity index (χ4v) is 4.11. The van der Waals surface area contributed by atoms with Crippen molar-refractivity contribution in [2.24, 2.45) is 0 Å². The third-order valence-electron chi connectivity index (χ3n) is 4.12. The fourth-order valence-electron chi connectivity index (χ4n) is 2.78. The van der Waals surface area contributed by atoms with Gasteiger partial charge in [0.2, 0.25) is 0 Å². The summed E-state index contributed by atoms with van der Waals surface area (Å²) >= 11 is 0. The average molecular weight is 370 g/mol. The third-order valence-corrected chi connectivity index (χ3v) is 5.84. The third kappa shape index (κ3) is 3.70. The Morgan fingerprint density at radius 1 is 0.960 bits per heavy atom. The van der Waals surface area contributed by atoms with E-state index < -0.39 is 21.3 Å². The minimum atomic E-state index is -3.73. The molecule has 0 fully saturated rings. The van der Waals surface area contributed by atoms with Crippen molar-refractivity contribution in [3.05, 3.63) is 27.0 Å². The van der Waals surface area contributed by atoms with E-state index in [1.807, 2.05) is 13.8 Å². The summed E-state index contributed by atoms with van der Waals surface area (Å²) in [5.41, 5.74) is -0.721. The molecule has 140 valence electrons. The largest absolute Gasteiger partial charge is 0.331 e. The van der Waals surface area contributed by atoms with Crippen LogP contribution in [0.4, 0.5) is 0 Å². The molecular weight excluding hydrogens is 344 g/mol. The first-order chi connectivity index (χ1) is 11.9. The van der Waals surface area contributed by atoms with Gasteiger partial charge in [-0.2, -0.15) is 5.10 Å². The molecule has 2 aromatic rings. The van der Waals surface area contributed by atoms with E-state index in [0.717, 1.165) is 27.9 Å². The number of hydrogen-bond donors (Lipinski definition) is 0. The smallest absolute Gasteiger partial charge is 0.290 e. The summed E-state index contributed by atoms with van der Waals surface area (Å²) < 4.78 is 28.3. The van der Waals surface area contributed by atoms with Gasteiger partial charge in [0.1, 0.15) is 0 Å². The van der Waals surface area contributed by atoms with Gasteiger partial charge >= 0.3 is 5.69 Å². The van der Waals surface area contributed by atoms with Gasteiger partial charge < -0.3 is 0 Å². The van der Waals surface area contributed by atoms with Crippen molar-refractivity contribution < 1.29 is 8.42 Å². The number of aryl methyl sites for hydroxylation is 1. The van der Waals surface area contributed by atoms with Crippen molar-refractivity contribution in [3.63, 3.8) is 0 Å². The Bertz CT molecular complexity index is 953. The molecular formula is C16H26N4O4S. The minimum absolute atomic E-state index is 0.0275. The van der Waals surface area contributed by atoms with Crippen LogP contribution in [0.5, 0.6) is 0 Å². The molecule has 0 N–H and O–H groups in total. The minimum Gasteiger partial charge on any atom is -0.290 e. The Labute approximate surface area is 147 Å². The van der Waals surface area contributed by atoms with E-state index in [1.54, 1.807) is 6.92 Å². The summed E-state index contributed by atoms with van der Waals surface area (Å²) in [5, 5.41) is 3.93. The number of aromatic nitrogens is 4. The zero-order valence-corrected chi connectivity index (χ0v) is 15.9. The molecule has 0 atom stereocenters. The maximum Gasteiger partial charge on any atom is 0.331 e. The first kappa shape index (κ1) is 19.4. The van der Waals surface area contributed by atoms with Crippen LogP contribution in [0.1, 0.15) is 52.9 Å². The predicted octanol–water partition coefficient (Wildman–Crippen LogP) is 1.55. The maximum atomic E-state index is 12.8. The van der Waals surface area contributed by atoms with Gasteiger partial charge in [0.15, 0.2) is 5.52 Å². The molecule has 2 rings (SSSR count). The molecule has 8 nitrogen and oxygen atoms in total. The SMILES string of the molecule is CCCCn1c(=O)c2c(cnn2S(=O)(=O)CCC)n(CCCC)c1=O. The molecule has 0 saturated carbocycles. The van der Waals surface area contributed by atoms with Crippen LogP contribution < -0.4 is 11.2 Å². The molecule has 2 heterocycles. The summed E-state index contributed by atoms with van der Waals surface area (Å²) in [5.74, 6) is -0.105. The summed E-state index contributed by atoms with van der Waals surface area (Å²) in [6.45, 7) is 6.42. The van der Waals surface area contributed by atoms with Gasteiger partial charge in [-0.25, -0.2) is 13.2 Å². The Morgan fingerprint density at radius 3 is 2.12 bits per heavy atom. The number of unbranched alkanes of at least 4 members (excludes halogenated alkanes) is 2. The van der Waals surface area contributed by atoms with Crippen molar-refractivity contribution in [2.75, 3.05) is 5.75 Å². The van der Waals surface area contributed by atoms with Gasteiger partial charge in [-0.05, 0) is 19.3 Å². The Balaban J connectivity index is 2.82. The quantitative estimate of drug-likeness (QED) is 0.667. The lowest BCUT2D eigenvalue weighted by Crippen LogP contribution is -2.41. The normalized spacial score (nSPS) is 12.1. The maximum absolute atomic E-state index is 12.8. The first-order valence-corrected chi connectivity index (χ1v) is 10.4. The molecule has 0 spiro atoms.